The largest absolute Gasteiger partial charge is 0.324 e. The number of rotatable bonds is 2. The maximum Gasteiger partial charge on any atom is 0.126 e. The molecule has 0 aromatic heterocycles. The molecule has 2 atom stereocenters. The average Bonchev–Trinajstić information content (AvgIpc) is 2.75. The number of halogens is 1. The Morgan fingerprint density at radius 3 is 2.60 bits per heavy atom. The molecule has 2 aliphatic carbocycles. The highest BCUT2D eigenvalue weighted by atomic mass is 19.1. The van der Waals surface area contributed by atoms with Crippen LogP contribution >= 0.6 is 0 Å². The molecule has 2 heteroatoms. The van der Waals surface area contributed by atoms with Crippen LogP contribution in [0.3, 0.4) is 0 Å². The van der Waals surface area contributed by atoms with Crippen LogP contribution in [0, 0.1) is 11.7 Å². The Balaban J connectivity index is 1.84. The van der Waals surface area contributed by atoms with Gasteiger partial charge in [0.1, 0.15) is 5.82 Å². The second-order valence-corrected chi connectivity index (χ2v) is 5.02. The summed E-state index contributed by atoms with van der Waals surface area (Å²) in [7, 11) is 0. The zero-order chi connectivity index (χ0) is 10.5. The normalized spacial score (nSPS) is 34.9. The Labute approximate surface area is 89.5 Å². The summed E-state index contributed by atoms with van der Waals surface area (Å²) in [6, 6.07) is 7.06. The Morgan fingerprint density at radius 1 is 1.27 bits per heavy atom. The van der Waals surface area contributed by atoms with Crippen molar-refractivity contribution < 1.29 is 4.39 Å². The van der Waals surface area contributed by atoms with Gasteiger partial charge in [0.25, 0.3) is 0 Å². The first-order chi connectivity index (χ1) is 7.22. The molecule has 0 bridgehead atoms. The molecule has 1 aromatic rings. The summed E-state index contributed by atoms with van der Waals surface area (Å²) in [5.41, 5.74) is 7.07. The van der Waals surface area contributed by atoms with E-state index < -0.39 is 0 Å². The van der Waals surface area contributed by atoms with Crippen LogP contribution in [0.2, 0.25) is 0 Å². The van der Waals surface area contributed by atoms with Crippen molar-refractivity contribution in [2.75, 3.05) is 0 Å². The molecule has 0 saturated heterocycles. The van der Waals surface area contributed by atoms with Gasteiger partial charge in [-0.05, 0) is 36.8 Å². The van der Waals surface area contributed by atoms with Gasteiger partial charge >= 0.3 is 0 Å². The molecule has 1 nitrogen and oxygen atoms in total. The summed E-state index contributed by atoms with van der Waals surface area (Å²) >= 11 is 0. The zero-order valence-corrected chi connectivity index (χ0v) is 8.75. The summed E-state index contributed by atoms with van der Waals surface area (Å²) < 4.78 is 13.6. The van der Waals surface area contributed by atoms with Crippen molar-refractivity contribution in [3.63, 3.8) is 0 Å². The van der Waals surface area contributed by atoms with Crippen molar-refractivity contribution in [3.8, 4) is 0 Å². The van der Waals surface area contributed by atoms with Gasteiger partial charge in [-0.15, -0.1) is 0 Å². The van der Waals surface area contributed by atoms with E-state index in [-0.39, 0.29) is 17.3 Å². The van der Waals surface area contributed by atoms with E-state index in [2.05, 4.69) is 0 Å². The van der Waals surface area contributed by atoms with Crippen molar-refractivity contribution in [1.82, 2.24) is 0 Å². The highest BCUT2D eigenvalue weighted by Crippen LogP contribution is 2.59. The fraction of sp³-hybridized carbons (Fsp3) is 0.538. The third-order valence-electron chi connectivity index (χ3n) is 4.19. The molecule has 2 fully saturated rings. The van der Waals surface area contributed by atoms with E-state index >= 15 is 0 Å². The minimum Gasteiger partial charge on any atom is -0.324 e. The van der Waals surface area contributed by atoms with Gasteiger partial charge < -0.3 is 5.73 Å². The molecule has 80 valence electrons. The van der Waals surface area contributed by atoms with Crippen LogP contribution in [0.1, 0.15) is 37.2 Å². The summed E-state index contributed by atoms with van der Waals surface area (Å²) in [5, 5.41) is 0. The molecular weight excluding hydrogens is 189 g/mol. The molecule has 0 amide bonds. The molecule has 2 unspecified atom stereocenters. The number of benzene rings is 1. The van der Waals surface area contributed by atoms with Crippen LogP contribution in [0.25, 0.3) is 0 Å². The Kier molecular flexibility index (Phi) is 1.90. The van der Waals surface area contributed by atoms with Crippen LogP contribution < -0.4 is 5.73 Å². The topological polar surface area (TPSA) is 26.0 Å². The lowest BCUT2D eigenvalue weighted by atomic mass is 9.77. The Hall–Kier alpha value is -0.890. The van der Waals surface area contributed by atoms with E-state index in [0.29, 0.717) is 5.92 Å². The standard InChI is InChI=1S/C13H16FN/c14-12-7-2-1-6-10(12)11-8-13(11,15)9-4-3-5-9/h1-2,6-7,9,11H,3-5,8,15H2. The molecular formula is C13H16FN. The van der Waals surface area contributed by atoms with Gasteiger partial charge in [0.15, 0.2) is 0 Å². The first kappa shape index (κ1) is 9.34. The van der Waals surface area contributed by atoms with E-state index in [1.54, 1.807) is 6.07 Å². The monoisotopic (exact) mass is 205 g/mol. The predicted molar refractivity (Wildman–Crippen MR) is 58.0 cm³/mol. The van der Waals surface area contributed by atoms with Crippen LogP contribution in [0.15, 0.2) is 24.3 Å². The van der Waals surface area contributed by atoms with E-state index in [4.69, 9.17) is 5.73 Å². The van der Waals surface area contributed by atoms with Gasteiger partial charge in [0, 0.05) is 11.5 Å². The van der Waals surface area contributed by atoms with Crippen LogP contribution in [-0.4, -0.2) is 5.54 Å². The predicted octanol–water partition coefficient (Wildman–Crippen LogP) is 2.81. The lowest BCUT2D eigenvalue weighted by Gasteiger charge is -2.32. The second-order valence-electron chi connectivity index (χ2n) is 5.02. The molecule has 0 heterocycles. The molecule has 0 aliphatic heterocycles. The lowest BCUT2D eigenvalue weighted by Crippen LogP contribution is -2.38. The quantitative estimate of drug-likeness (QED) is 0.789. The zero-order valence-electron chi connectivity index (χ0n) is 8.75. The molecule has 2 saturated carbocycles. The van der Waals surface area contributed by atoms with Crippen molar-refractivity contribution in [3.05, 3.63) is 35.6 Å². The highest BCUT2D eigenvalue weighted by Gasteiger charge is 2.58. The number of hydrogen-bond acceptors (Lipinski definition) is 1. The van der Waals surface area contributed by atoms with E-state index in [9.17, 15) is 4.39 Å². The maximum atomic E-state index is 13.6. The van der Waals surface area contributed by atoms with E-state index in [1.165, 1.54) is 25.3 Å². The number of hydrogen-bond donors (Lipinski definition) is 1. The average molecular weight is 205 g/mol. The SMILES string of the molecule is NC1(C2CCC2)CC1c1ccccc1F. The smallest absolute Gasteiger partial charge is 0.126 e. The summed E-state index contributed by atoms with van der Waals surface area (Å²) in [6.45, 7) is 0. The maximum absolute atomic E-state index is 13.6. The first-order valence-corrected chi connectivity index (χ1v) is 5.75. The van der Waals surface area contributed by atoms with Crippen molar-refractivity contribution in [2.24, 2.45) is 11.7 Å². The number of nitrogens with two attached hydrogens (primary N) is 1. The van der Waals surface area contributed by atoms with Gasteiger partial charge in [-0.1, -0.05) is 24.6 Å². The first-order valence-electron chi connectivity index (χ1n) is 5.75. The van der Waals surface area contributed by atoms with Crippen molar-refractivity contribution in [1.29, 1.82) is 0 Å². The van der Waals surface area contributed by atoms with Crippen molar-refractivity contribution >= 4 is 0 Å². The van der Waals surface area contributed by atoms with Crippen LogP contribution in [0.5, 0.6) is 0 Å². The minimum absolute atomic E-state index is 0.0829. The lowest BCUT2D eigenvalue weighted by molar-refractivity contribution is 0.242. The second kappa shape index (κ2) is 3.05. The third kappa shape index (κ3) is 1.31. The summed E-state index contributed by atoms with van der Waals surface area (Å²) in [6.07, 6.45) is 4.75. The summed E-state index contributed by atoms with van der Waals surface area (Å²) in [5.74, 6) is 0.820. The molecule has 2 aliphatic rings. The van der Waals surface area contributed by atoms with Gasteiger partial charge in [-0.2, -0.15) is 0 Å². The molecule has 0 spiro atoms. The van der Waals surface area contributed by atoms with E-state index in [0.717, 1.165) is 12.0 Å². The molecule has 15 heavy (non-hydrogen) atoms. The minimum atomic E-state index is -0.0888. The fourth-order valence-corrected chi connectivity index (χ4v) is 2.85. The van der Waals surface area contributed by atoms with E-state index in [1.807, 2.05) is 12.1 Å². The molecule has 2 N–H and O–H groups in total. The van der Waals surface area contributed by atoms with Gasteiger partial charge in [0.2, 0.25) is 0 Å². The molecule has 1 aromatic carbocycles. The van der Waals surface area contributed by atoms with Gasteiger partial charge in [-0.3, -0.25) is 0 Å². The van der Waals surface area contributed by atoms with Gasteiger partial charge in [-0.25, -0.2) is 4.39 Å². The van der Waals surface area contributed by atoms with Gasteiger partial charge in [0.05, 0.1) is 0 Å². The fourth-order valence-electron chi connectivity index (χ4n) is 2.85. The van der Waals surface area contributed by atoms with Crippen LogP contribution in [0.4, 0.5) is 4.39 Å². The third-order valence-corrected chi connectivity index (χ3v) is 4.19. The van der Waals surface area contributed by atoms with Crippen LogP contribution in [-0.2, 0) is 0 Å². The Morgan fingerprint density at radius 2 is 2.00 bits per heavy atom. The Bertz CT molecular complexity index is 386. The molecule has 3 rings (SSSR count). The molecule has 0 radical (unpaired) electrons. The van der Waals surface area contributed by atoms with Crippen molar-refractivity contribution in [2.45, 2.75) is 37.1 Å². The summed E-state index contributed by atoms with van der Waals surface area (Å²) in [4.78, 5) is 0. The highest BCUT2D eigenvalue weighted by molar-refractivity contribution is 5.35.